The van der Waals surface area contributed by atoms with Crippen molar-refractivity contribution in [3.05, 3.63) is 59.4 Å². The van der Waals surface area contributed by atoms with Crippen molar-refractivity contribution in [3.63, 3.8) is 0 Å². The predicted molar refractivity (Wildman–Crippen MR) is 95.5 cm³/mol. The van der Waals surface area contributed by atoms with E-state index in [4.69, 9.17) is 11.6 Å². The number of pyridine rings is 1. The zero-order valence-corrected chi connectivity index (χ0v) is 13.9. The average Bonchev–Trinajstić information content (AvgIpc) is 3.18. The fourth-order valence-corrected chi connectivity index (χ4v) is 2.63. The van der Waals surface area contributed by atoms with Gasteiger partial charge in [-0.1, -0.05) is 23.7 Å². The number of para-hydroxylation sites is 2. The summed E-state index contributed by atoms with van der Waals surface area (Å²) in [5.41, 5.74) is 2.98. The lowest BCUT2D eigenvalue weighted by molar-refractivity contribution is 0.102. The van der Waals surface area contributed by atoms with E-state index in [0.29, 0.717) is 22.4 Å². The Bertz CT molecular complexity index is 1030. The van der Waals surface area contributed by atoms with E-state index in [0.717, 1.165) is 16.7 Å². The largest absolute Gasteiger partial charge is 0.337 e. The van der Waals surface area contributed by atoms with Crippen LogP contribution in [0.4, 0.5) is 5.82 Å². The first kappa shape index (κ1) is 15.3. The summed E-state index contributed by atoms with van der Waals surface area (Å²) in [4.78, 5) is 24.0. The predicted octanol–water partition coefficient (Wildman–Crippen LogP) is 3.26. The van der Waals surface area contributed by atoms with Crippen LogP contribution in [0, 0.1) is 0 Å². The quantitative estimate of drug-likeness (QED) is 0.554. The summed E-state index contributed by atoms with van der Waals surface area (Å²) in [6, 6.07) is 12.7. The molecule has 4 rings (SSSR count). The van der Waals surface area contributed by atoms with E-state index in [1.165, 1.54) is 6.20 Å². The van der Waals surface area contributed by atoms with Gasteiger partial charge in [0.15, 0.2) is 11.6 Å². The van der Waals surface area contributed by atoms with Gasteiger partial charge in [0, 0.05) is 19.3 Å². The molecule has 0 aliphatic heterocycles. The zero-order valence-electron chi connectivity index (χ0n) is 13.2. The molecule has 0 saturated carbocycles. The maximum absolute atomic E-state index is 12.3. The number of anilines is 1. The molecule has 4 aromatic rings. The molecule has 124 valence electrons. The maximum atomic E-state index is 12.3. The molecule has 7 nitrogen and oxygen atoms in total. The summed E-state index contributed by atoms with van der Waals surface area (Å²) >= 11 is 5.73. The Hall–Kier alpha value is -3.19. The minimum absolute atomic E-state index is 0.307. The molecule has 0 aliphatic rings. The van der Waals surface area contributed by atoms with E-state index in [2.05, 4.69) is 25.4 Å². The molecule has 2 N–H and O–H groups in total. The number of nitrogens with zero attached hydrogens (tertiary/aromatic N) is 4. The second-order valence-electron chi connectivity index (χ2n) is 5.46. The molecular formula is C17H13ClN6O. The molecule has 0 spiro atoms. The third-order valence-electron chi connectivity index (χ3n) is 3.74. The third-order valence-corrected chi connectivity index (χ3v) is 3.97. The molecule has 0 atom stereocenters. The molecule has 0 bridgehead atoms. The monoisotopic (exact) mass is 352 g/mol. The van der Waals surface area contributed by atoms with Gasteiger partial charge < -0.3 is 10.3 Å². The first-order valence-corrected chi connectivity index (χ1v) is 7.90. The molecule has 0 unspecified atom stereocenters. The van der Waals surface area contributed by atoms with Crippen LogP contribution in [-0.4, -0.2) is 30.6 Å². The van der Waals surface area contributed by atoms with Crippen molar-refractivity contribution in [2.45, 2.75) is 0 Å². The Morgan fingerprint density at radius 2 is 2.08 bits per heavy atom. The van der Waals surface area contributed by atoms with Crippen molar-refractivity contribution in [3.8, 4) is 11.5 Å². The Balaban J connectivity index is 1.61. The topological polar surface area (TPSA) is 88.5 Å². The van der Waals surface area contributed by atoms with Gasteiger partial charge in [0.1, 0.15) is 10.8 Å². The summed E-state index contributed by atoms with van der Waals surface area (Å²) in [5, 5.41) is 7.40. The lowest BCUT2D eigenvalue weighted by Gasteiger charge is -2.00. The number of hydrogen-bond donors (Lipinski definition) is 2. The highest BCUT2D eigenvalue weighted by atomic mass is 35.5. The number of hydrogen-bond acceptors (Lipinski definition) is 4. The van der Waals surface area contributed by atoms with Crippen LogP contribution < -0.4 is 5.32 Å². The third kappa shape index (κ3) is 2.97. The SMILES string of the molecule is Cn1nc(NC(=O)c2ccc(Cl)nc2)cc1-c1nc2ccccc2[nH]1. The Morgan fingerprint density at radius 3 is 2.84 bits per heavy atom. The van der Waals surface area contributed by atoms with Gasteiger partial charge in [-0.2, -0.15) is 5.10 Å². The lowest BCUT2D eigenvalue weighted by Crippen LogP contribution is -2.12. The number of halogens is 1. The van der Waals surface area contributed by atoms with Gasteiger partial charge in [0.25, 0.3) is 5.91 Å². The summed E-state index contributed by atoms with van der Waals surface area (Å²) in [6.07, 6.45) is 1.42. The van der Waals surface area contributed by atoms with Gasteiger partial charge in [-0.3, -0.25) is 9.48 Å². The molecule has 0 radical (unpaired) electrons. The van der Waals surface area contributed by atoms with Crippen molar-refractivity contribution in [1.29, 1.82) is 0 Å². The molecule has 1 aromatic carbocycles. The van der Waals surface area contributed by atoms with E-state index in [1.54, 1.807) is 29.9 Å². The van der Waals surface area contributed by atoms with Crippen LogP contribution in [0.5, 0.6) is 0 Å². The maximum Gasteiger partial charge on any atom is 0.258 e. The number of imidazole rings is 1. The van der Waals surface area contributed by atoms with Crippen molar-refractivity contribution in [2.24, 2.45) is 7.05 Å². The van der Waals surface area contributed by atoms with E-state index in [-0.39, 0.29) is 5.91 Å². The van der Waals surface area contributed by atoms with Crippen LogP contribution in [0.25, 0.3) is 22.6 Å². The summed E-state index contributed by atoms with van der Waals surface area (Å²) in [7, 11) is 1.79. The normalized spacial score (nSPS) is 11.0. The number of aromatic amines is 1. The average molecular weight is 353 g/mol. The number of aryl methyl sites for hydroxylation is 1. The number of benzene rings is 1. The van der Waals surface area contributed by atoms with Crippen LogP contribution in [0.2, 0.25) is 5.15 Å². The molecule has 1 amide bonds. The van der Waals surface area contributed by atoms with Crippen molar-refractivity contribution < 1.29 is 4.79 Å². The van der Waals surface area contributed by atoms with Crippen LogP contribution in [0.3, 0.4) is 0 Å². The molecule has 25 heavy (non-hydrogen) atoms. The van der Waals surface area contributed by atoms with Crippen molar-refractivity contribution in [1.82, 2.24) is 24.7 Å². The zero-order chi connectivity index (χ0) is 17.4. The number of amides is 1. The first-order valence-electron chi connectivity index (χ1n) is 7.52. The number of H-pyrrole nitrogens is 1. The van der Waals surface area contributed by atoms with Gasteiger partial charge in [-0.15, -0.1) is 0 Å². The van der Waals surface area contributed by atoms with Gasteiger partial charge in [-0.05, 0) is 24.3 Å². The van der Waals surface area contributed by atoms with E-state index in [9.17, 15) is 4.79 Å². The summed E-state index contributed by atoms with van der Waals surface area (Å²) < 4.78 is 1.66. The first-order chi connectivity index (χ1) is 12.1. The highest BCUT2D eigenvalue weighted by Gasteiger charge is 2.14. The minimum atomic E-state index is -0.307. The molecule has 8 heteroatoms. The van der Waals surface area contributed by atoms with Gasteiger partial charge in [0.05, 0.1) is 16.6 Å². The van der Waals surface area contributed by atoms with E-state index < -0.39 is 0 Å². The highest BCUT2D eigenvalue weighted by Crippen LogP contribution is 2.22. The summed E-state index contributed by atoms with van der Waals surface area (Å²) in [6.45, 7) is 0. The van der Waals surface area contributed by atoms with Crippen molar-refractivity contribution >= 4 is 34.4 Å². The fourth-order valence-electron chi connectivity index (χ4n) is 2.52. The number of aromatic nitrogens is 5. The smallest absolute Gasteiger partial charge is 0.258 e. The van der Waals surface area contributed by atoms with E-state index in [1.807, 2.05) is 24.3 Å². The standard InChI is InChI=1S/C17H13ClN6O/c1-24-13(16-20-11-4-2-3-5-12(11)21-16)8-15(23-24)22-17(25)10-6-7-14(18)19-9-10/h2-9H,1H3,(H,20,21)(H,22,23,25). The molecule has 0 saturated heterocycles. The fraction of sp³-hybridized carbons (Fsp3) is 0.0588. The van der Waals surface area contributed by atoms with Gasteiger partial charge >= 0.3 is 0 Å². The van der Waals surface area contributed by atoms with Crippen LogP contribution >= 0.6 is 11.6 Å². The van der Waals surface area contributed by atoms with Crippen molar-refractivity contribution in [2.75, 3.05) is 5.32 Å². The Morgan fingerprint density at radius 1 is 1.24 bits per heavy atom. The number of carbonyl (C=O) groups is 1. The minimum Gasteiger partial charge on any atom is -0.337 e. The second-order valence-corrected chi connectivity index (χ2v) is 5.85. The molecule has 0 fully saturated rings. The second kappa shape index (κ2) is 6.03. The van der Waals surface area contributed by atoms with Crippen LogP contribution in [-0.2, 0) is 7.05 Å². The number of nitrogens with one attached hydrogen (secondary N) is 2. The molecule has 3 heterocycles. The van der Waals surface area contributed by atoms with E-state index >= 15 is 0 Å². The number of fused-ring (bicyclic) bond motifs is 1. The Kier molecular flexibility index (Phi) is 3.70. The van der Waals surface area contributed by atoms with Gasteiger partial charge in [0.2, 0.25) is 0 Å². The number of carbonyl (C=O) groups excluding carboxylic acids is 1. The number of rotatable bonds is 3. The molecular weight excluding hydrogens is 340 g/mol. The lowest BCUT2D eigenvalue weighted by atomic mass is 10.2. The van der Waals surface area contributed by atoms with Crippen LogP contribution in [0.1, 0.15) is 10.4 Å². The molecule has 3 aromatic heterocycles. The summed E-state index contributed by atoms with van der Waals surface area (Å²) in [5.74, 6) is 0.807. The Labute approximate surface area is 147 Å². The highest BCUT2D eigenvalue weighted by molar-refractivity contribution is 6.29. The molecule has 0 aliphatic carbocycles. The van der Waals surface area contributed by atoms with Gasteiger partial charge in [-0.25, -0.2) is 9.97 Å². The van der Waals surface area contributed by atoms with Crippen LogP contribution in [0.15, 0.2) is 48.7 Å².